The van der Waals surface area contributed by atoms with Crippen LogP contribution in [0.4, 0.5) is 0 Å². The summed E-state index contributed by atoms with van der Waals surface area (Å²) in [4.78, 5) is 14.7. The number of ether oxygens (including phenoxy) is 2. The van der Waals surface area contributed by atoms with E-state index in [1.165, 1.54) is 0 Å². The minimum Gasteiger partial charge on any atom is -0.497 e. The summed E-state index contributed by atoms with van der Waals surface area (Å²) in [6.45, 7) is 3.40. The van der Waals surface area contributed by atoms with Crippen LogP contribution in [0.1, 0.15) is 30.1 Å². The molecule has 1 saturated heterocycles. The topological polar surface area (TPSA) is 64.8 Å². The van der Waals surface area contributed by atoms with Crippen molar-refractivity contribution < 1.29 is 14.3 Å². The molecule has 1 aromatic rings. The second-order valence-electron chi connectivity index (χ2n) is 5.49. The third-order valence-electron chi connectivity index (χ3n) is 4.26. The van der Waals surface area contributed by atoms with Crippen molar-refractivity contribution in [1.82, 2.24) is 4.90 Å². The highest BCUT2D eigenvalue weighted by Crippen LogP contribution is 2.29. The molecule has 2 N–H and O–H groups in total. The minimum absolute atomic E-state index is 0.0171. The molecule has 1 aliphatic heterocycles. The second kappa shape index (κ2) is 6.80. The summed E-state index contributed by atoms with van der Waals surface area (Å²) >= 11 is 0. The Morgan fingerprint density at radius 2 is 2.14 bits per heavy atom. The van der Waals surface area contributed by atoms with E-state index >= 15 is 0 Å². The van der Waals surface area contributed by atoms with Crippen LogP contribution in [0, 0.1) is 5.92 Å². The quantitative estimate of drug-likeness (QED) is 0.920. The number of hydrogen-bond acceptors (Lipinski definition) is 4. The molecular weight excluding hydrogens is 268 g/mol. The number of carbonyl (C=O) groups is 1. The van der Waals surface area contributed by atoms with E-state index < -0.39 is 0 Å². The Kier molecular flexibility index (Phi) is 5.07. The molecule has 116 valence electrons. The molecule has 0 aromatic heterocycles. The Morgan fingerprint density at radius 3 is 2.76 bits per heavy atom. The van der Waals surface area contributed by atoms with Gasteiger partial charge < -0.3 is 20.1 Å². The van der Waals surface area contributed by atoms with Gasteiger partial charge in [0.15, 0.2) is 0 Å². The maximum Gasteiger partial charge on any atom is 0.257 e. The molecule has 1 amide bonds. The van der Waals surface area contributed by atoms with Crippen LogP contribution in [-0.2, 0) is 0 Å². The van der Waals surface area contributed by atoms with Gasteiger partial charge in [-0.05, 0) is 30.9 Å². The first-order valence-electron chi connectivity index (χ1n) is 7.35. The maximum absolute atomic E-state index is 12.8. The van der Waals surface area contributed by atoms with Crippen LogP contribution in [0.15, 0.2) is 18.2 Å². The predicted molar refractivity (Wildman–Crippen MR) is 81.8 cm³/mol. The molecule has 0 aliphatic carbocycles. The van der Waals surface area contributed by atoms with E-state index in [9.17, 15) is 4.79 Å². The van der Waals surface area contributed by atoms with Crippen LogP contribution in [0.3, 0.4) is 0 Å². The Morgan fingerprint density at radius 1 is 1.38 bits per heavy atom. The fraction of sp³-hybridized carbons (Fsp3) is 0.562. The molecule has 2 rings (SSSR count). The Balaban J connectivity index is 2.30. The van der Waals surface area contributed by atoms with Gasteiger partial charge in [-0.1, -0.05) is 6.92 Å². The van der Waals surface area contributed by atoms with Gasteiger partial charge in [-0.2, -0.15) is 0 Å². The average molecular weight is 292 g/mol. The van der Waals surface area contributed by atoms with Crippen molar-refractivity contribution in [3.8, 4) is 11.5 Å². The fourth-order valence-electron chi connectivity index (χ4n) is 2.99. The monoisotopic (exact) mass is 292 g/mol. The van der Waals surface area contributed by atoms with Gasteiger partial charge in [0.2, 0.25) is 0 Å². The van der Waals surface area contributed by atoms with Crippen molar-refractivity contribution in [2.24, 2.45) is 11.7 Å². The molecule has 1 fully saturated rings. The Labute approximate surface area is 126 Å². The van der Waals surface area contributed by atoms with Gasteiger partial charge in [-0.15, -0.1) is 0 Å². The molecule has 21 heavy (non-hydrogen) atoms. The van der Waals surface area contributed by atoms with Crippen molar-refractivity contribution in [3.05, 3.63) is 23.8 Å². The number of piperidine rings is 1. The zero-order valence-corrected chi connectivity index (χ0v) is 13.0. The number of methoxy groups -OCH3 is 2. The Hall–Kier alpha value is -1.75. The van der Waals surface area contributed by atoms with Gasteiger partial charge in [0, 0.05) is 25.2 Å². The second-order valence-corrected chi connectivity index (χ2v) is 5.49. The minimum atomic E-state index is -0.0171. The third-order valence-corrected chi connectivity index (χ3v) is 4.26. The zero-order chi connectivity index (χ0) is 15.4. The van der Waals surface area contributed by atoms with Crippen LogP contribution in [-0.4, -0.2) is 44.2 Å². The molecule has 1 aromatic carbocycles. The molecule has 0 unspecified atom stereocenters. The van der Waals surface area contributed by atoms with E-state index in [0.717, 1.165) is 19.4 Å². The third kappa shape index (κ3) is 3.13. The van der Waals surface area contributed by atoms with Gasteiger partial charge in [-0.25, -0.2) is 0 Å². The Bertz CT molecular complexity index is 504. The van der Waals surface area contributed by atoms with Gasteiger partial charge in [0.25, 0.3) is 5.91 Å². The highest BCUT2D eigenvalue weighted by Gasteiger charge is 2.32. The van der Waals surface area contributed by atoms with Gasteiger partial charge in [-0.3, -0.25) is 4.79 Å². The molecule has 0 saturated carbocycles. The molecule has 5 heteroatoms. The lowest BCUT2D eigenvalue weighted by Gasteiger charge is -2.39. The first-order valence-corrected chi connectivity index (χ1v) is 7.35. The van der Waals surface area contributed by atoms with E-state index in [1.54, 1.807) is 32.4 Å². The highest BCUT2D eigenvalue weighted by molar-refractivity contribution is 5.97. The van der Waals surface area contributed by atoms with Crippen LogP contribution in [0.25, 0.3) is 0 Å². The molecule has 2 atom stereocenters. The van der Waals surface area contributed by atoms with Gasteiger partial charge in [0.1, 0.15) is 11.5 Å². The number of benzene rings is 1. The maximum atomic E-state index is 12.8. The lowest BCUT2D eigenvalue weighted by atomic mass is 9.90. The first-order chi connectivity index (χ1) is 10.1. The van der Waals surface area contributed by atoms with Crippen LogP contribution in [0.2, 0.25) is 0 Å². The van der Waals surface area contributed by atoms with Crippen molar-refractivity contribution in [3.63, 3.8) is 0 Å². The summed E-state index contributed by atoms with van der Waals surface area (Å²) in [5.41, 5.74) is 6.43. The zero-order valence-electron chi connectivity index (χ0n) is 13.0. The molecule has 5 nitrogen and oxygen atoms in total. The van der Waals surface area contributed by atoms with Crippen molar-refractivity contribution in [2.75, 3.05) is 27.3 Å². The predicted octanol–water partition coefficient (Wildman–Crippen LogP) is 1.90. The van der Waals surface area contributed by atoms with E-state index in [0.29, 0.717) is 29.5 Å². The molecule has 0 radical (unpaired) electrons. The normalized spacial score (nSPS) is 22.0. The number of carbonyl (C=O) groups excluding carboxylic acids is 1. The van der Waals surface area contributed by atoms with E-state index in [4.69, 9.17) is 15.2 Å². The summed E-state index contributed by atoms with van der Waals surface area (Å²) in [6, 6.07) is 5.36. The largest absolute Gasteiger partial charge is 0.497 e. The molecule has 0 spiro atoms. The van der Waals surface area contributed by atoms with E-state index in [2.05, 4.69) is 6.92 Å². The van der Waals surface area contributed by atoms with Gasteiger partial charge >= 0.3 is 0 Å². The average Bonchev–Trinajstić information content (AvgIpc) is 2.53. The molecule has 1 aliphatic rings. The van der Waals surface area contributed by atoms with Crippen LogP contribution >= 0.6 is 0 Å². The summed E-state index contributed by atoms with van der Waals surface area (Å²) < 4.78 is 10.5. The molecule has 0 bridgehead atoms. The highest BCUT2D eigenvalue weighted by atomic mass is 16.5. The smallest absolute Gasteiger partial charge is 0.257 e. The van der Waals surface area contributed by atoms with E-state index in [1.807, 2.05) is 4.90 Å². The van der Waals surface area contributed by atoms with Crippen molar-refractivity contribution in [2.45, 2.75) is 25.8 Å². The number of rotatable bonds is 4. The summed E-state index contributed by atoms with van der Waals surface area (Å²) in [5.74, 6) is 1.62. The first kappa shape index (κ1) is 15.6. The van der Waals surface area contributed by atoms with E-state index in [-0.39, 0.29) is 11.9 Å². The number of amides is 1. The lowest BCUT2D eigenvalue weighted by Crippen LogP contribution is -2.51. The van der Waals surface area contributed by atoms with Crippen LogP contribution in [0.5, 0.6) is 11.5 Å². The number of nitrogens with zero attached hydrogens (tertiary/aromatic N) is 1. The summed E-state index contributed by atoms with van der Waals surface area (Å²) in [7, 11) is 3.15. The number of nitrogens with two attached hydrogens (primary N) is 1. The number of likely N-dealkylation sites (tertiary alicyclic amines) is 1. The SMILES string of the molecule is COc1ccc(C(=O)N2CCC[C@@H](C)[C@H]2CN)c(OC)c1. The van der Waals surface area contributed by atoms with Gasteiger partial charge in [0.05, 0.1) is 19.8 Å². The fourth-order valence-corrected chi connectivity index (χ4v) is 2.99. The molecule has 1 heterocycles. The van der Waals surface area contributed by atoms with Crippen molar-refractivity contribution >= 4 is 5.91 Å². The van der Waals surface area contributed by atoms with Crippen LogP contribution < -0.4 is 15.2 Å². The lowest BCUT2D eigenvalue weighted by molar-refractivity contribution is 0.0529. The molecular formula is C16H24N2O3. The number of hydrogen-bond donors (Lipinski definition) is 1. The van der Waals surface area contributed by atoms with Crippen molar-refractivity contribution in [1.29, 1.82) is 0 Å². The standard InChI is InChI=1S/C16H24N2O3/c1-11-5-4-8-18(14(11)10-17)16(19)13-7-6-12(20-2)9-15(13)21-3/h6-7,9,11,14H,4-5,8,10,17H2,1-3H3/t11-,14-/m1/s1. The summed E-state index contributed by atoms with van der Waals surface area (Å²) in [6.07, 6.45) is 2.13. The summed E-state index contributed by atoms with van der Waals surface area (Å²) in [5, 5.41) is 0.